The van der Waals surface area contributed by atoms with Gasteiger partial charge in [0.05, 0.1) is 0 Å². The predicted molar refractivity (Wildman–Crippen MR) is 127 cm³/mol. The minimum Gasteiger partial charge on any atom is -0.504 e. The summed E-state index contributed by atoms with van der Waals surface area (Å²) in [6, 6.07) is 7.62. The van der Waals surface area contributed by atoms with Crippen LogP contribution in [0.3, 0.4) is 0 Å². The van der Waals surface area contributed by atoms with Crippen molar-refractivity contribution in [1.82, 2.24) is 20.2 Å². The van der Waals surface area contributed by atoms with Crippen LogP contribution < -0.4 is 10.6 Å². The number of nitrogens with zero attached hydrogens (tertiary/aromatic N) is 3. The van der Waals surface area contributed by atoms with Crippen molar-refractivity contribution in [3.8, 4) is 5.75 Å². The van der Waals surface area contributed by atoms with Crippen molar-refractivity contribution in [3.63, 3.8) is 0 Å². The van der Waals surface area contributed by atoms with Gasteiger partial charge in [-0.2, -0.15) is 0 Å². The maximum atomic E-state index is 13.2. The molecule has 0 bridgehead atoms. The molecule has 0 saturated carbocycles. The van der Waals surface area contributed by atoms with E-state index < -0.39 is 11.8 Å². The first kappa shape index (κ1) is 24.1. The molecule has 182 valence electrons. The summed E-state index contributed by atoms with van der Waals surface area (Å²) >= 11 is 0. The zero-order chi connectivity index (χ0) is 25.1. The smallest absolute Gasteiger partial charge is 0.274 e. The maximum absolute atomic E-state index is 13.2. The number of aromatic nitrogens is 2. The maximum Gasteiger partial charge on any atom is 0.274 e. The first-order valence-electron chi connectivity index (χ1n) is 11.3. The van der Waals surface area contributed by atoms with Gasteiger partial charge in [-0.25, -0.2) is 9.37 Å². The normalized spacial score (nSPS) is 14.1. The molecule has 2 aromatic heterocycles. The van der Waals surface area contributed by atoms with Gasteiger partial charge in [-0.1, -0.05) is 12.1 Å². The highest BCUT2D eigenvalue weighted by atomic mass is 19.1. The number of carbonyl (C=O) groups excluding carboxylic acids is 3. The molecule has 3 N–H and O–H groups in total. The standard InChI is InChI=1S/C25H26FN5O4/c1-14(32)28-24-20-12-17(11-16-3-5-18(26)6-4-16)13-27-21(20)23(34)22(30-24)25(35)29-19-7-9-31(10-8-19)15(2)33/h3-6,12-13,19,34H,7-11H2,1-2H3,(H,29,35)(H,28,30,32). The third-order valence-electron chi connectivity index (χ3n) is 5.98. The van der Waals surface area contributed by atoms with E-state index in [0.717, 1.165) is 11.1 Å². The Balaban J connectivity index is 1.62. The van der Waals surface area contributed by atoms with Crippen LogP contribution in [-0.4, -0.2) is 56.8 Å². The van der Waals surface area contributed by atoms with Crippen molar-refractivity contribution in [3.05, 3.63) is 59.2 Å². The Morgan fingerprint density at radius 3 is 2.43 bits per heavy atom. The second kappa shape index (κ2) is 10.0. The van der Waals surface area contributed by atoms with E-state index in [4.69, 9.17) is 0 Å². The molecule has 0 unspecified atom stereocenters. The molecule has 1 saturated heterocycles. The van der Waals surface area contributed by atoms with E-state index in [0.29, 0.717) is 37.7 Å². The third kappa shape index (κ3) is 5.53. The summed E-state index contributed by atoms with van der Waals surface area (Å²) in [5.41, 5.74) is 1.50. The van der Waals surface area contributed by atoms with E-state index in [9.17, 15) is 23.9 Å². The van der Waals surface area contributed by atoms with Crippen molar-refractivity contribution in [2.24, 2.45) is 0 Å². The molecule has 1 aromatic carbocycles. The molecule has 10 heteroatoms. The van der Waals surface area contributed by atoms with Gasteiger partial charge in [0.2, 0.25) is 11.8 Å². The Hall–Kier alpha value is -4.08. The third-order valence-corrected chi connectivity index (χ3v) is 5.98. The number of pyridine rings is 2. The Labute approximate surface area is 201 Å². The van der Waals surface area contributed by atoms with Crippen LogP contribution in [0.1, 0.15) is 48.3 Å². The van der Waals surface area contributed by atoms with Gasteiger partial charge in [0, 0.05) is 44.6 Å². The number of carbonyl (C=O) groups is 3. The molecule has 1 aliphatic heterocycles. The van der Waals surface area contributed by atoms with Gasteiger partial charge >= 0.3 is 0 Å². The summed E-state index contributed by atoms with van der Waals surface area (Å²) in [4.78, 5) is 46.7. The number of nitrogens with one attached hydrogen (secondary N) is 2. The lowest BCUT2D eigenvalue weighted by atomic mass is 10.0. The molecule has 0 radical (unpaired) electrons. The number of halogens is 1. The largest absolute Gasteiger partial charge is 0.504 e. The SMILES string of the molecule is CC(=O)Nc1nc(C(=O)NC2CCN(C(C)=O)CC2)c(O)c2ncc(Cc3ccc(F)cc3)cc12. The number of likely N-dealkylation sites (tertiary alicyclic amines) is 1. The highest BCUT2D eigenvalue weighted by Gasteiger charge is 2.26. The fraction of sp³-hybridized carbons (Fsp3) is 0.320. The van der Waals surface area contributed by atoms with Crippen molar-refractivity contribution in [1.29, 1.82) is 0 Å². The molecule has 3 aromatic rings. The first-order chi connectivity index (χ1) is 16.7. The lowest BCUT2D eigenvalue weighted by molar-refractivity contribution is -0.129. The number of rotatable bonds is 5. The summed E-state index contributed by atoms with van der Waals surface area (Å²) in [6.45, 7) is 3.90. The number of aromatic hydroxyl groups is 1. The Morgan fingerprint density at radius 1 is 1.11 bits per heavy atom. The van der Waals surface area contributed by atoms with Crippen LogP contribution in [0.5, 0.6) is 5.75 Å². The number of amides is 3. The fourth-order valence-corrected chi connectivity index (χ4v) is 4.16. The van der Waals surface area contributed by atoms with E-state index in [-0.39, 0.29) is 40.5 Å². The number of benzene rings is 1. The average molecular weight is 480 g/mol. The minimum atomic E-state index is -0.588. The number of fused-ring (bicyclic) bond motifs is 1. The molecule has 0 atom stereocenters. The van der Waals surface area contributed by atoms with Crippen molar-refractivity contribution in [2.75, 3.05) is 18.4 Å². The van der Waals surface area contributed by atoms with Crippen molar-refractivity contribution in [2.45, 2.75) is 39.2 Å². The quantitative estimate of drug-likeness (QED) is 0.517. The Kier molecular flexibility index (Phi) is 6.90. The van der Waals surface area contributed by atoms with Gasteiger partial charge in [-0.3, -0.25) is 19.4 Å². The van der Waals surface area contributed by atoms with Crippen molar-refractivity contribution >= 4 is 34.4 Å². The molecular weight excluding hydrogens is 453 g/mol. The lowest BCUT2D eigenvalue weighted by Gasteiger charge is -2.31. The highest BCUT2D eigenvalue weighted by molar-refractivity contribution is 6.06. The van der Waals surface area contributed by atoms with E-state index in [2.05, 4.69) is 20.6 Å². The molecule has 9 nitrogen and oxygen atoms in total. The molecule has 0 spiro atoms. The summed E-state index contributed by atoms with van der Waals surface area (Å²) in [7, 11) is 0. The van der Waals surface area contributed by atoms with E-state index in [1.54, 1.807) is 29.3 Å². The Morgan fingerprint density at radius 2 is 1.80 bits per heavy atom. The van der Waals surface area contributed by atoms with Crippen LogP contribution in [0.2, 0.25) is 0 Å². The molecule has 3 amide bonds. The lowest BCUT2D eigenvalue weighted by Crippen LogP contribution is -2.46. The second-order valence-electron chi connectivity index (χ2n) is 8.64. The number of piperidine rings is 1. The summed E-state index contributed by atoms with van der Waals surface area (Å²) in [5.74, 6) is -1.60. The molecule has 1 aliphatic rings. The van der Waals surface area contributed by atoms with Gasteiger partial charge in [0.15, 0.2) is 11.4 Å². The molecule has 3 heterocycles. The van der Waals surface area contributed by atoms with Crippen LogP contribution in [0.25, 0.3) is 10.9 Å². The van der Waals surface area contributed by atoms with Crippen molar-refractivity contribution < 1.29 is 23.9 Å². The average Bonchev–Trinajstić information content (AvgIpc) is 2.82. The van der Waals surface area contributed by atoms with Gasteiger partial charge < -0.3 is 20.6 Å². The van der Waals surface area contributed by atoms with E-state index >= 15 is 0 Å². The summed E-state index contributed by atoms with van der Waals surface area (Å²) in [5, 5.41) is 16.7. The van der Waals surface area contributed by atoms with Crippen LogP contribution in [0.15, 0.2) is 36.5 Å². The molecule has 0 aliphatic carbocycles. The van der Waals surface area contributed by atoms with Crippen LogP contribution in [0.4, 0.5) is 10.2 Å². The fourth-order valence-electron chi connectivity index (χ4n) is 4.16. The van der Waals surface area contributed by atoms with Crippen LogP contribution in [0, 0.1) is 5.82 Å². The zero-order valence-electron chi connectivity index (χ0n) is 19.5. The number of anilines is 1. The monoisotopic (exact) mass is 479 g/mol. The summed E-state index contributed by atoms with van der Waals surface area (Å²) < 4.78 is 13.2. The molecular formula is C25H26FN5O4. The predicted octanol–water partition coefficient (Wildman–Crippen LogP) is 2.76. The first-order valence-corrected chi connectivity index (χ1v) is 11.3. The molecule has 4 rings (SSSR count). The summed E-state index contributed by atoms with van der Waals surface area (Å²) in [6.07, 6.45) is 3.18. The number of hydrogen-bond acceptors (Lipinski definition) is 6. The van der Waals surface area contributed by atoms with Gasteiger partial charge in [-0.15, -0.1) is 0 Å². The molecule has 35 heavy (non-hydrogen) atoms. The van der Waals surface area contributed by atoms with Crippen LogP contribution in [-0.2, 0) is 16.0 Å². The number of hydrogen-bond donors (Lipinski definition) is 3. The van der Waals surface area contributed by atoms with Gasteiger partial charge in [-0.05, 0) is 48.6 Å². The Bertz CT molecular complexity index is 1290. The molecule has 1 fully saturated rings. The highest BCUT2D eigenvalue weighted by Crippen LogP contribution is 2.32. The van der Waals surface area contributed by atoms with Gasteiger partial charge in [0.1, 0.15) is 17.2 Å². The van der Waals surface area contributed by atoms with Gasteiger partial charge in [0.25, 0.3) is 5.91 Å². The topological polar surface area (TPSA) is 125 Å². The van der Waals surface area contributed by atoms with E-state index in [1.165, 1.54) is 26.0 Å². The zero-order valence-corrected chi connectivity index (χ0v) is 19.5. The van der Waals surface area contributed by atoms with E-state index in [1.807, 2.05) is 0 Å². The minimum absolute atomic E-state index is 0.00608. The second-order valence-corrected chi connectivity index (χ2v) is 8.64. The van der Waals surface area contributed by atoms with Crippen LogP contribution >= 0.6 is 0 Å².